The van der Waals surface area contributed by atoms with Crippen molar-refractivity contribution in [2.45, 2.75) is 13.8 Å². The van der Waals surface area contributed by atoms with Crippen LogP contribution in [0.3, 0.4) is 0 Å². The van der Waals surface area contributed by atoms with Gasteiger partial charge in [-0.1, -0.05) is 12.1 Å². The van der Waals surface area contributed by atoms with Crippen molar-refractivity contribution in [3.8, 4) is 5.75 Å². The minimum atomic E-state index is -0.937. The third-order valence-corrected chi connectivity index (χ3v) is 4.54. The average molecular weight is 476 g/mol. The zero-order valence-corrected chi connectivity index (χ0v) is 18.1. The molecule has 1 unspecified atom stereocenters. The van der Waals surface area contributed by atoms with Crippen molar-refractivity contribution in [3.63, 3.8) is 0 Å². The molecule has 0 saturated heterocycles. The largest absolute Gasteiger partial charge is 0.482 e. The van der Waals surface area contributed by atoms with E-state index in [1.165, 1.54) is 13.1 Å². The Labute approximate surface area is 182 Å². The fraction of sp³-hybridized carbons (Fsp3) is 0.238. The minimum Gasteiger partial charge on any atom is -0.482 e. The number of hydrazone groups is 1. The van der Waals surface area contributed by atoms with Crippen molar-refractivity contribution in [2.75, 3.05) is 18.5 Å². The molecule has 2 amide bonds. The molecule has 0 aliphatic heterocycles. The maximum absolute atomic E-state index is 12.2. The summed E-state index contributed by atoms with van der Waals surface area (Å²) >= 11 is 3.34. The Morgan fingerprint density at radius 1 is 1.10 bits per heavy atom. The van der Waals surface area contributed by atoms with Crippen molar-refractivity contribution in [1.82, 2.24) is 5.43 Å². The minimum absolute atomic E-state index is 0.170. The maximum Gasteiger partial charge on any atom is 0.344 e. The second-order valence-electron chi connectivity index (χ2n) is 6.09. The smallest absolute Gasteiger partial charge is 0.344 e. The van der Waals surface area contributed by atoms with E-state index in [0.717, 1.165) is 4.47 Å². The number of hydrogen-bond donors (Lipinski definition) is 2. The molecule has 2 aromatic carbocycles. The molecule has 0 aliphatic carbocycles. The number of nitrogens with one attached hydrogen (secondary N) is 2. The average Bonchev–Trinajstić information content (AvgIpc) is 2.74. The van der Waals surface area contributed by atoms with E-state index in [4.69, 9.17) is 9.47 Å². The summed E-state index contributed by atoms with van der Waals surface area (Å²) in [5.41, 5.74) is 3.62. The van der Waals surface area contributed by atoms with Crippen LogP contribution in [-0.2, 0) is 19.1 Å². The van der Waals surface area contributed by atoms with Crippen molar-refractivity contribution >= 4 is 45.6 Å². The second-order valence-corrected chi connectivity index (χ2v) is 6.94. The van der Waals surface area contributed by atoms with Crippen LogP contribution in [0.2, 0.25) is 0 Å². The van der Waals surface area contributed by atoms with Crippen LogP contribution in [0, 0.1) is 5.92 Å². The first-order chi connectivity index (χ1) is 14.4. The summed E-state index contributed by atoms with van der Waals surface area (Å²) in [5.74, 6) is -1.86. The Hall–Kier alpha value is -3.20. The van der Waals surface area contributed by atoms with E-state index in [2.05, 4.69) is 31.8 Å². The standard InChI is InChI=1S/C21H22BrN3O5/c1-3-29-19(26)13-30-16-10-8-15(9-11-16)12-23-25-21(28)14(2)20(27)24-18-7-5-4-6-17(18)22/h4-12,14H,3,13H2,1-2H3,(H,24,27)(H,25,28). The highest BCUT2D eigenvalue weighted by atomic mass is 79.9. The van der Waals surface area contributed by atoms with E-state index in [1.807, 2.05) is 6.07 Å². The van der Waals surface area contributed by atoms with Gasteiger partial charge < -0.3 is 14.8 Å². The predicted molar refractivity (Wildman–Crippen MR) is 116 cm³/mol. The lowest BCUT2D eigenvalue weighted by Crippen LogP contribution is -2.34. The molecule has 0 heterocycles. The summed E-state index contributed by atoms with van der Waals surface area (Å²) in [6, 6.07) is 13.9. The van der Waals surface area contributed by atoms with E-state index in [-0.39, 0.29) is 6.61 Å². The van der Waals surface area contributed by atoms with Gasteiger partial charge in [-0.15, -0.1) is 0 Å². The van der Waals surface area contributed by atoms with Gasteiger partial charge in [-0.3, -0.25) is 9.59 Å². The van der Waals surface area contributed by atoms with Gasteiger partial charge in [-0.2, -0.15) is 5.10 Å². The summed E-state index contributed by atoms with van der Waals surface area (Å²) in [5, 5.41) is 6.56. The molecular weight excluding hydrogens is 454 g/mol. The Bertz CT molecular complexity index is 915. The number of carbonyl (C=O) groups is 3. The fourth-order valence-electron chi connectivity index (χ4n) is 2.18. The predicted octanol–water partition coefficient (Wildman–Crippen LogP) is 3.12. The number of hydrogen-bond acceptors (Lipinski definition) is 6. The number of carbonyl (C=O) groups excluding carboxylic acids is 3. The van der Waals surface area contributed by atoms with Crippen LogP contribution in [0.15, 0.2) is 58.1 Å². The zero-order chi connectivity index (χ0) is 21.9. The van der Waals surface area contributed by atoms with Crippen LogP contribution in [0.1, 0.15) is 19.4 Å². The summed E-state index contributed by atoms with van der Waals surface area (Å²) < 4.78 is 10.8. The molecular formula is C21H22BrN3O5. The molecule has 2 aromatic rings. The van der Waals surface area contributed by atoms with Gasteiger partial charge in [0.1, 0.15) is 11.7 Å². The number of para-hydroxylation sites is 1. The number of nitrogens with zero attached hydrogens (tertiary/aromatic N) is 1. The van der Waals surface area contributed by atoms with Gasteiger partial charge in [-0.05, 0) is 71.7 Å². The molecule has 8 nitrogen and oxygen atoms in total. The first-order valence-electron chi connectivity index (χ1n) is 9.17. The first-order valence-corrected chi connectivity index (χ1v) is 9.96. The number of esters is 1. The highest BCUT2D eigenvalue weighted by molar-refractivity contribution is 9.10. The van der Waals surface area contributed by atoms with Crippen molar-refractivity contribution < 1.29 is 23.9 Å². The number of rotatable bonds is 9. The van der Waals surface area contributed by atoms with Crippen LogP contribution in [0.25, 0.3) is 0 Å². The first kappa shape index (κ1) is 23.1. The molecule has 0 radical (unpaired) electrons. The monoisotopic (exact) mass is 475 g/mol. The van der Waals surface area contributed by atoms with Crippen molar-refractivity contribution in [3.05, 3.63) is 58.6 Å². The molecule has 2 N–H and O–H groups in total. The molecule has 0 saturated carbocycles. The Morgan fingerprint density at radius 2 is 1.80 bits per heavy atom. The second kappa shape index (κ2) is 11.7. The highest BCUT2D eigenvalue weighted by Gasteiger charge is 2.21. The van der Waals surface area contributed by atoms with Gasteiger partial charge in [0.2, 0.25) is 5.91 Å². The van der Waals surface area contributed by atoms with Crippen LogP contribution < -0.4 is 15.5 Å². The fourth-order valence-corrected chi connectivity index (χ4v) is 2.57. The van der Waals surface area contributed by atoms with Gasteiger partial charge >= 0.3 is 5.97 Å². The van der Waals surface area contributed by atoms with Crippen LogP contribution in [-0.4, -0.2) is 37.2 Å². The van der Waals surface area contributed by atoms with E-state index >= 15 is 0 Å². The Morgan fingerprint density at radius 3 is 2.47 bits per heavy atom. The molecule has 2 rings (SSSR count). The normalized spacial score (nSPS) is 11.6. The number of ether oxygens (including phenoxy) is 2. The number of amides is 2. The van der Waals surface area contributed by atoms with Gasteiger partial charge in [0, 0.05) is 4.47 Å². The molecule has 0 aromatic heterocycles. The van der Waals surface area contributed by atoms with E-state index in [9.17, 15) is 14.4 Å². The molecule has 0 fully saturated rings. The Balaban J connectivity index is 1.82. The molecule has 158 valence electrons. The summed E-state index contributed by atoms with van der Waals surface area (Å²) in [6.07, 6.45) is 1.44. The summed E-state index contributed by atoms with van der Waals surface area (Å²) in [4.78, 5) is 35.7. The lowest BCUT2D eigenvalue weighted by atomic mass is 10.1. The maximum atomic E-state index is 12.2. The molecule has 0 spiro atoms. The number of halogens is 1. The van der Waals surface area contributed by atoms with Crippen LogP contribution in [0.5, 0.6) is 5.75 Å². The highest BCUT2D eigenvalue weighted by Crippen LogP contribution is 2.21. The van der Waals surface area contributed by atoms with Gasteiger partial charge in [0.15, 0.2) is 6.61 Å². The Kier molecular flexibility index (Phi) is 9.02. The van der Waals surface area contributed by atoms with E-state index in [0.29, 0.717) is 23.6 Å². The van der Waals surface area contributed by atoms with Gasteiger partial charge in [-0.25, -0.2) is 10.2 Å². The van der Waals surface area contributed by atoms with Gasteiger partial charge in [0.25, 0.3) is 5.91 Å². The van der Waals surface area contributed by atoms with Crippen molar-refractivity contribution in [2.24, 2.45) is 11.0 Å². The van der Waals surface area contributed by atoms with E-state index < -0.39 is 23.7 Å². The summed E-state index contributed by atoms with van der Waals surface area (Å²) in [7, 11) is 0. The van der Waals surface area contributed by atoms with E-state index in [1.54, 1.807) is 49.4 Å². The van der Waals surface area contributed by atoms with Gasteiger partial charge in [0.05, 0.1) is 18.5 Å². The molecule has 30 heavy (non-hydrogen) atoms. The summed E-state index contributed by atoms with van der Waals surface area (Å²) in [6.45, 7) is 3.34. The quantitative estimate of drug-likeness (QED) is 0.251. The SMILES string of the molecule is CCOC(=O)COc1ccc(C=NNC(=O)C(C)C(=O)Nc2ccccc2Br)cc1. The number of anilines is 1. The zero-order valence-electron chi connectivity index (χ0n) is 16.6. The molecule has 1 atom stereocenters. The lowest BCUT2D eigenvalue weighted by Gasteiger charge is -2.11. The van der Waals surface area contributed by atoms with Crippen molar-refractivity contribution in [1.29, 1.82) is 0 Å². The topological polar surface area (TPSA) is 106 Å². The lowest BCUT2D eigenvalue weighted by molar-refractivity contribution is -0.145. The number of benzene rings is 2. The molecule has 9 heteroatoms. The van der Waals surface area contributed by atoms with Crippen LogP contribution in [0.4, 0.5) is 5.69 Å². The molecule has 0 bridgehead atoms. The molecule has 0 aliphatic rings. The third-order valence-electron chi connectivity index (χ3n) is 3.85. The third kappa shape index (κ3) is 7.32. The van der Waals surface area contributed by atoms with Crippen LogP contribution >= 0.6 is 15.9 Å².